The highest BCUT2D eigenvalue weighted by Crippen LogP contribution is 2.29. The Balaban J connectivity index is 2.50. The molecule has 1 saturated heterocycles. The van der Waals surface area contributed by atoms with Gasteiger partial charge in [-0.1, -0.05) is 5.11 Å². The van der Waals surface area contributed by atoms with Gasteiger partial charge in [0.1, 0.15) is 0 Å². The molecule has 0 spiro atoms. The molecule has 0 aromatic heterocycles. The van der Waals surface area contributed by atoms with E-state index in [1.807, 2.05) is 0 Å². The Morgan fingerprint density at radius 2 is 2.29 bits per heavy atom. The molecule has 0 radical (unpaired) electrons. The lowest BCUT2D eigenvalue weighted by Gasteiger charge is -2.17. The third kappa shape index (κ3) is 2.36. The van der Waals surface area contributed by atoms with Gasteiger partial charge < -0.3 is 14.9 Å². The van der Waals surface area contributed by atoms with Crippen molar-refractivity contribution in [1.29, 1.82) is 0 Å². The van der Waals surface area contributed by atoms with Crippen LogP contribution in [0.4, 0.5) is 0 Å². The largest absolute Gasteiger partial charge is 0.394 e. The van der Waals surface area contributed by atoms with Crippen molar-refractivity contribution < 1.29 is 14.9 Å². The van der Waals surface area contributed by atoms with Crippen LogP contribution in [0.15, 0.2) is 5.11 Å². The van der Waals surface area contributed by atoms with E-state index in [0.29, 0.717) is 13.0 Å². The van der Waals surface area contributed by atoms with Gasteiger partial charge in [0.2, 0.25) is 0 Å². The second-order valence-corrected chi connectivity index (χ2v) is 3.46. The van der Waals surface area contributed by atoms with Crippen molar-refractivity contribution >= 4 is 0 Å². The zero-order valence-corrected chi connectivity index (χ0v) is 8.08. The Morgan fingerprint density at radius 3 is 2.86 bits per heavy atom. The molecule has 6 nitrogen and oxygen atoms in total. The summed E-state index contributed by atoms with van der Waals surface area (Å²) in [5.74, 6) is -0.138. The third-order valence-corrected chi connectivity index (χ3v) is 2.59. The van der Waals surface area contributed by atoms with Crippen LogP contribution in [-0.2, 0) is 4.74 Å². The zero-order valence-electron chi connectivity index (χ0n) is 8.08. The molecule has 0 bridgehead atoms. The number of hydrogen-bond donors (Lipinski definition) is 2. The maximum Gasteiger partial charge on any atom is 0.0864 e. The molecule has 4 atom stereocenters. The molecule has 0 saturated carbocycles. The summed E-state index contributed by atoms with van der Waals surface area (Å²) in [6.45, 7) is 1.98. The molecule has 1 rings (SSSR count). The quantitative estimate of drug-likeness (QED) is 0.392. The molecule has 2 N–H and O–H groups in total. The van der Waals surface area contributed by atoms with E-state index < -0.39 is 6.10 Å². The van der Waals surface area contributed by atoms with E-state index in [9.17, 15) is 5.11 Å². The Hall–Kier alpha value is -0.810. The van der Waals surface area contributed by atoms with E-state index in [4.69, 9.17) is 15.4 Å². The molecular weight excluding hydrogens is 186 g/mol. The first kappa shape index (κ1) is 11.3. The van der Waals surface area contributed by atoms with E-state index in [1.165, 1.54) is 0 Å². The summed E-state index contributed by atoms with van der Waals surface area (Å²) in [6.07, 6.45) is -0.640. The predicted octanol–water partition coefficient (Wildman–Crippen LogP) is 0.443. The molecule has 1 aliphatic rings. The first-order valence-corrected chi connectivity index (χ1v) is 4.66. The molecule has 1 fully saturated rings. The number of aliphatic hydroxyl groups is 2. The van der Waals surface area contributed by atoms with E-state index >= 15 is 0 Å². The second-order valence-electron chi connectivity index (χ2n) is 3.46. The summed E-state index contributed by atoms with van der Waals surface area (Å²) in [5, 5.41) is 22.1. The van der Waals surface area contributed by atoms with Gasteiger partial charge in [-0.15, -0.1) is 0 Å². The van der Waals surface area contributed by atoms with Gasteiger partial charge in [-0.25, -0.2) is 0 Å². The van der Waals surface area contributed by atoms with Gasteiger partial charge in [-0.2, -0.15) is 0 Å². The molecule has 1 aliphatic heterocycles. The van der Waals surface area contributed by atoms with Gasteiger partial charge in [-0.05, 0) is 18.9 Å². The highest BCUT2D eigenvalue weighted by atomic mass is 16.5. The number of aliphatic hydroxyl groups excluding tert-OH is 2. The molecular formula is C8H15N3O3. The average Bonchev–Trinajstić information content (AvgIpc) is 2.45. The van der Waals surface area contributed by atoms with Crippen LogP contribution in [0.3, 0.4) is 0 Å². The van der Waals surface area contributed by atoms with Crippen LogP contribution in [0.1, 0.15) is 13.3 Å². The van der Waals surface area contributed by atoms with Gasteiger partial charge in [-0.3, -0.25) is 0 Å². The van der Waals surface area contributed by atoms with Crippen molar-refractivity contribution in [2.75, 3.05) is 13.2 Å². The predicted molar refractivity (Wildman–Crippen MR) is 49.5 cm³/mol. The Morgan fingerprint density at radius 1 is 1.57 bits per heavy atom. The number of rotatable bonds is 4. The third-order valence-electron chi connectivity index (χ3n) is 2.59. The van der Waals surface area contributed by atoms with Crippen LogP contribution in [0.5, 0.6) is 0 Å². The van der Waals surface area contributed by atoms with Crippen molar-refractivity contribution in [3.05, 3.63) is 10.4 Å². The number of azide groups is 1. The van der Waals surface area contributed by atoms with Gasteiger partial charge in [0.05, 0.1) is 24.9 Å². The lowest BCUT2D eigenvalue weighted by molar-refractivity contribution is -0.00254. The minimum absolute atomic E-state index is 0.109. The molecule has 14 heavy (non-hydrogen) atoms. The van der Waals surface area contributed by atoms with Gasteiger partial charge >= 0.3 is 0 Å². The molecule has 6 heteroatoms. The number of ether oxygens (including phenoxy) is 1. The summed E-state index contributed by atoms with van der Waals surface area (Å²) in [6, 6.07) is 0. The summed E-state index contributed by atoms with van der Waals surface area (Å²) in [4.78, 5) is 2.63. The van der Waals surface area contributed by atoms with Crippen molar-refractivity contribution in [3.63, 3.8) is 0 Å². The van der Waals surface area contributed by atoms with Crippen molar-refractivity contribution in [2.24, 2.45) is 11.0 Å². The van der Waals surface area contributed by atoms with Crippen molar-refractivity contribution in [1.82, 2.24) is 0 Å². The summed E-state index contributed by atoms with van der Waals surface area (Å²) in [7, 11) is 0. The minimum Gasteiger partial charge on any atom is -0.394 e. The van der Waals surface area contributed by atoms with Crippen LogP contribution >= 0.6 is 0 Å². The molecule has 80 valence electrons. The monoisotopic (exact) mass is 201 g/mol. The number of hydrogen-bond acceptors (Lipinski definition) is 4. The second kappa shape index (κ2) is 5.17. The minimum atomic E-state index is -0.582. The first-order valence-electron chi connectivity index (χ1n) is 4.66. The SMILES string of the molecule is C[C@@H]1O[C@H](CO)[C@H](CCN=[N+]=[N-])C1O. The van der Waals surface area contributed by atoms with Gasteiger partial charge in [0, 0.05) is 17.4 Å². The molecule has 0 amide bonds. The van der Waals surface area contributed by atoms with E-state index in [0.717, 1.165) is 0 Å². The standard InChI is InChI=1S/C8H15N3O3/c1-5-8(13)6(2-3-10-11-9)7(4-12)14-5/h5-8,12-13H,2-4H2,1H3/t5-,6-,7+,8?/m0/s1. The summed E-state index contributed by atoms with van der Waals surface area (Å²) in [5.41, 5.74) is 8.10. The Kier molecular flexibility index (Phi) is 4.16. The normalized spacial score (nSPS) is 36.8. The van der Waals surface area contributed by atoms with E-state index in [1.54, 1.807) is 6.92 Å². The average molecular weight is 201 g/mol. The van der Waals surface area contributed by atoms with Crippen LogP contribution in [-0.4, -0.2) is 41.7 Å². The van der Waals surface area contributed by atoms with Crippen molar-refractivity contribution in [2.45, 2.75) is 31.7 Å². The fourth-order valence-corrected chi connectivity index (χ4v) is 1.81. The summed E-state index contributed by atoms with van der Waals surface area (Å²) < 4.78 is 5.33. The number of nitrogens with zero attached hydrogens (tertiary/aromatic N) is 3. The smallest absolute Gasteiger partial charge is 0.0864 e. The zero-order chi connectivity index (χ0) is 10.6. The molecule has 0 aliphatic carbocycles. The van der Waals surface area contributed by atoms with Gasteiger partial charge in [0.25, 0.3) is 0 Å². The Labute approximate surface area is 82.1 Å². The van der Waals surface area contributed by atoms with E-state index in [2.05, 4.69) is 10.0 Å². The van der Waals surface area contributed by atoms with Crippen LogP contribution < -0.4 is 0 Å². The maximum absolute atomic E-state index is 9.69. The topological polar surface area (TPSA) is 98.5 Å². The fourth-order valence-electron chi connectivity index (χ4n) is 1.81. The fraction of sp³-hybridized carbons (Fsp3) is 1.00. The van der Waals surface area contributed by atoms with Crippen LogP contribution in [0.2, 0.25) is 0 Å². The first-order chi connectivity index (χ1) is 6.70. The van der Waals surface area contributed by atoms with Gasteiger partial charge in [0.15, 0.2) is 0 Å². The van der Waals surface area contributed by atoms with Crippen LogP contribution in [0.25, 0.3) is 10.4 Å². The van der Waals surface area contributed by atoms with Crippen molar-refractivity contribution in [3.8, 4) is 0 Å². The molecule has 1 unspecified atom stereocenters. The summed E-state index contributed by atoms with van der Waals surface area (Å²) >= 11 is 0. The molecule has 0 aromatic rings. The lowest BCUT2D eigenvalue weighted by Crippen LogP contribution is -2.28. The molecule has 0 aromatic carbocycles. The van der Waals surface area contributed by atoms with Crippen LogP contribution in [0, 0.1) is 5.92 Å². The highest BCUT2D eigenvalue weighted by Gasteiger charge is 2.40. The maximum atomic E-state index is 9.69. The lowest BCUT2D eigenvalue weighted by atomic mass is 9.93. The molecule has 1 heterocycles. The van der Waals surface area contributed by atoms with E-state index in [-0.39, 0.29) is 24.7 Å². The highest BCUT2D eigenvalue weighted by molar-refractivity contribution is 4.88. The Bertz CT molecular complexity index is 230.